The van der Waals surface area contributed by atoms with Gasteiger partial charge in [-0.05, 0) is 89.9 Å². The molecule has 452 valence electrons. The molecular weight excluding hydrogens is 957 g/mol. The topological polar surface area (TPSA) is 72.8 Å². The summed E-state index contributed by atoms with van der Waals surface area (Å²) in [6.07, 6.45) is 96.1. The van der Waals surface area contributed by atoms with E-state index in [4.69, 9.17) is 9.47 Å². The Balaban J connectivity index is 3.43. The molecule has 0 saturated heterocycles. The summed E-state index contributed by atoms with van der Waals surface area (Å²) in [6, 6.07) is 0. The van der Waals surface area contributed by atoms with Gasteiger partial charge in [-0.25, -0.2) is 0 Å². The summed E-state index contributed by atoms with van der Waals surface area (Å²) in [6.45, 7) is 4.06. The Bertz CT molecular complexity index is 1420. The van der Waals surface area contributed by atoms with E-state index < -0.39 is 6.10 Å². The van der Waals surface area contributed by atoms with Crippen LogP contribution in [0.1, 0.15) is 348 Å². The average molecular weight is 1090 g/mol. The summed E-state index contributed by atoms with van der Waals surface area (Å²) in [4.78, 5) is 24.6. The van der Waals surface area contributed by atoms with Crippen molar-refractivity contribution in [3.8, 4) is 0 Å². The summed E-state index contributed by atoms with van der Waals surface area (Å²) in [7, 11) is 0. The highest BCUT2D eigenvalue weighted by molar-refractivity contribution is 5.70. The number of allylic oxidation sites excluding steroid dienone is 14. The molecule has 5 nitrogen and oxygen atoms in total. The summed E-state index contributed by atoms with van der Waals surface area (Å²) < 4.78 is 10.8. The van der Waals surface area contributed by atoms with Crippen molar-refractivity contribution in [1.82, 2.24) is 0 Å². The molecule has 0 aromatic carbocycles. The molecule has 0 aliphatic rings. The first-order valence-corrected chi connectivity index (χ1v) is 34.1. The molecule has 0 spiro atoms. The van der Waals surface area contributed by atoms with Crippen molar-refractivity contribution in [2.45, 2.75) is 354 Å². The average Bonchev–Trinajstić information content (AvgIpc) is 3.44. The van der Waals surface area contributed by atoms with Gasteiger partial charge in [-0.1, -0.05) is 330 Å². The van der Waals surface area contributed by atoms with E-state index in [1.165, 1.54) is 244 Å². The summed E-state index contributed by atoms with van der Waals surface area (Å²) in [5.74, 6) is -0.575. The van der Waals surface area contributed by atoms with Gasteiger partial charge < -0.3 is 14.6 Å². The quantitative estimate of drug-likeness (QED) is 0.0373. The van der Waals surface area contributed by atoms with Crippen LogP contribution in [0.3, 0.4) is 0 Å². The molecule has 78 heavy (non-hydrogen) atoms. The number of hydrogen-bond donors (Lipinski definition) is 1. The summed E-state index contributed by atoms with van der Waals surface area (Å²) in [5.41, 5.74) is 0. The van der Waals surface area contributed by atoms with Gasteiger partial charge in [-0.15, -0.1) is 0 Å². The number of unbranched alkanes of at least 4 members (excludes halogenated alkanes) is 41. The lowest BCUT2D eigenvalue weighted by Gasteiger charge is -2.15. The van der Waals surface area contributed by atoms with Crippen LogP contribution in [-0.2, 0) is 19.1 Å². The van der Waals surface area contributed by atoms with Crippen molar-refractivity contribution < 1.29 is 24.2 Å². The minimum atomic E-state index is -0.774. The van der Waals surface area contributed by atoms with Crippen LogP contribution in [0, 0.1) is 0 Å². The van der Waals surface area contributed by atoms with E-state index in [-0.39, 0.29) is 25.2 Å². The Morgan fingerprint density at radius 1 is 0.308 bits per heavy atom. The largest absolute Gasteiger partial charge is 0.462 e. The molecule has 1 N–H and O–H groups in total. The fourth-order valence-electron chi connectivity index (χ4n) is 10.1. The minimum Gasteiger partial charge on any atom is -0.462 e. The maximum Gasteiger partial charge on any atom is 0.306 e. The van der Waals surface area contributed by atoms with Gasteiger partial charge >= 0.3 is 11.9 Å². The van der Waals surface area contributed by atoms with E-state index in [0.717, 1.165) is 77.0 Å². The second kappa shape index (κ2) is 68.4. The van der Waals surface area contributed by atoms with Gasteiger partial charge in [0.25, 0.3) is 0 Å². The van der Waals surface area contributed by atoms with Crippen molar-refractivity contribution in [3.63, 3.8) is 0 Å². The number of carbonyl (C=O) groups excluding carboxylic acids is 2. The number of aliphatic hydroxyl groups is 1. The van der Waals surface area contributed by atoms with Gasteiger partial charge in [0.2, 0.25) is 0 Å². The van der Waals surface area contributed by atoms with Crippen molar-refractivity contribution in [2.24, 2.45) is 0 Å². The van der Waals surface area contributed by atoms with E-state index in [0.29, 0.717) is 12.8 Å². The van der Waals surface area contributed by atoms with Gasteiger partial charge in [0.05, 0.1) is 6.61 Å². The highest BCUT2D eigenvalue weighted by Crippen LogP contribution is 2.18. The number of rotatable bonds is 63. The Kier molecular flexibility index (Phi) is 65.8. The third-order valence-electron chi connectivity index (χ3n) is 15.2. The van der Waals surface area contributed by atoms with Gasteiger partial charge in [-0.2, -0.15) is 0 Å². The van der Waals surface area contributed by atoms with Crippen molar-refractivity contribution >= 4 is 11.9 Å². The molecule has 0 radical (unpaired) electrons. The molecule has 0 saturated carbocycles. The van der Waals surface area contributed by atoms with Crippen LogP contribution in [0.5, 0.6) is 0 Å². The second-order valence-corrected chi connectivity index (χ2v) is 22.9. The molecule has 0 aromatic heterocycles. The lowest BCUT2D eigenvalue weighted by atomic mass is 10.0. The number of aliphatic hydroxyl groups excluding tert-OH is 1. The lowest BCUT2D eigenvalue weighted by molar-refractivity contribution is -0.161. The fraction of sp³-hybridized carbons (Fsp3) is 0.781. The molecular formula is C73H130O5. The van der Waals surface area contributed by atoms with Crippen molar-refractivity contribution in [3.05, 3.63) is 85.1 Å². The molecule has 0 heterocycles. The van der Waals surface area contributed by atoms with Gasteiger partial charge in [0.15, 0.2) is 6.10 Å². The van der Waals surface area contributed by atoms with Gasteiger partial charge in [-0.3, -0.25) is 9.59 Å². The molecule has 0 fully saturated rings. The molecule has 0 rings (SSSR count). The zero-order chi connectivity index (χ0) is 56.2. The van der Waals surface area contributed by atoms with E-state index >= 15 is 0 Å². The molecule has 0 amide bonds. The van der Waals surface area contributed by atoms with Crippen LogP contribution in [0.15, 0.2) is 85.1 Å². The maximum absolute atomic E-state index is 12.4. The van der Waals surface area contributed by atoms with Gasteiger partial charge in [0.1, 0.15) is 6.61 Å². The van der Waals surface area contributed by atoms with Gasteiger partial charge in [0, 0.05) is 12.8 Å². The minimum absolute atomic E-state index is 0.0637. The lowest BCUT2D eigenvalue weighted by Crippen LogP contribution is -2.28. The summed E-state index contributed by atoms with van der Waals surface area (Å²) in [5, 5.41) is 9.70. The molecule has 0 bridgehead atoms. The molecule has 5 heteroatoms. The molecule has 1 unspecified atom stereocenters. The Morgan fingerprint density at radius 3 is 0.833 bits per heavy atom. The van der Waals surface area contributed by atoms with Crippen LogP contribution >= 0.6 is 0 Å². The number of hydrogen-bond acceptors (Lipinski definition) is 5. The third kappa shape index (κ3) is 65.6. The van der Waals surface area contributed by atoms with Crippen molar-refractivity contribution in [1.29, 1.82) is 0 Å². The number of ether oxygens (including phenoxy) is 2. The van der Waals surface area contributed by atoms with Crippen LogP contribution in [-0.4, -0.2) is 36.4 Å². The van der Waals surface area contributed by atoms with E-state index in [2.05, 4.69) is 98.9 Å². The van der Waals surface area contributed by atoms with E-state index in [1.807, 2.05) is 0 Å². The van der Waals surface area contributed by atoms with Crippen LogP contribution in [0.25, 0.3) is 0 Å². The monoisotopic (exact) mass is 1090 g/mol. The number of carbonyl (C=O) groups is 2. The Labute approximate surface area is 486 Å². The standard InChI is InChI=1S/C73H130O5/c1-3-5-7-9-11-13-15-17-19-21-23-25-27-29-31-33-35-36-38-40-42-44-46-48-50-52-54-56-58-60-62-64-66-68-73(76)78-71(69-74)70-77-72(75)67-65-63-61-59-57-55-53-51-49-47-45-43-41-39-37-34-32-30-28-26-24-22-20-18-16-14-12-10-8-6-4-2/h5,7,11,13,16-19,22-25,29,31,71,74H,3-4,6,8-10,12,14-15,20-21,26-28,30,32-70H2,1-2H3/b7-5-,13-11-,18-16-,19-17-,24-22-,25-23-,31-29-. The highest BCUT2D eigenvalue weighted by Gasteiger charge is 2.16. The molecule has 1 atom stereocenters. The predicted molar refractivity (Wildman–Crippen MR) is 343 cm³/mol. The molecule has 0 aromatic rings. The first-order chi connectivity index (χ1) is 38.6. The highest BCUT2D eigenvalue weighted by atomic mass is 16.6. The van der Waals surface area contributed by atoms with Crippen molar-refractivity contribution in [2.75, 3.05) is 13.2 Å². The Morgan fingerprint density at radius 2 is 0.551 bits per heavy atom. The predicted octanol–water partition coefficient (Wildman–Crippen LogP) is 23.7. The first kappa shape index (κ1) is 75.1. The summed E-state index contributed by atoms with van der Waals surface area (Å²) >= 11 is 0. The third-order valence-corrected chi connectivity index (χ3v) is 15.2. The SMILES string of the molecule is CC/C=C\C/C=C\C/C=C\C/C=C\C/C=C\CCCCCCCCCCCCCCCCCCCC(=O)OC(CO)COC(=O)CCCCCCCCCCCCCCCCCCCCC/C=C\C/C=C\CCCCCCC. The van der Waals surface area contributed by atoms with Crippen LogP contribution in [0.2, 0.25) is 0 Å². The fourth-order valence-corrected chi connectivity index (χ4v) is 10.1. The van der Waals surface area contributed by atoms with E-state index in [9.17, 15) is 14.7 Å². The smallest absolute Gasteiger partial charge is 0.306 e. The second-order valence-electron chi connectivity index (χ2n) is 22.9. The zero-order valence-corrected chi connectivity index (χ0v) is 51.9. The molecule has 0 aliphatic carbocycles. The Hall–Kier alpha value is -2.92. The zero-order valence-electron chi connectivity index (χ0n) is 51.9. The normalized spacial score (nSPS) is 12.7. The molecule has 0 aliphatic heterocycles. The van der Waals surface area contributed by atoms with Crippen LogP contribution in [0.4, 0.5) is 0 Å². The first-order valence-electron chi connectivity index (χ1n) is 34.1. The number of esters is 2. The maximum atomic E-state index is 12.4. The van der Waals surface area contributed by atoms with Crippen LogP contribution < -0.4 is 0 Å². The van der Waals surface area contributed by atoms with E-state index in [1.54, 1.807) is 0 Å².